The summed E-state index contributed by atoms with van der Waals surface area (Å²) in [6, 6.07) is 7.57. The second-order valence-corrected chi connectivity index (χ2v) is 10.5. The molecule has 0 saturated heterocycles. The van der Waals surface area contributed by atoms with Gasteiger partial charge in [0.05, 0.1) is 36.5 Å². The summed E-state index contributed by atoms with van der Waals surface area (Å²) in [5, 5.41) is 0.558. The molecule has 0 unspecified atom stereocenters. The van der Waals surface area contributed by atoms with Crippen molar-refractivity contribution in [1.82, 2.24) is 4.31 Å². The van der Waals surface area contributed by atoms with E-state index in [2.05, 4.69) is 0 Å². The minimum absolute atomic E-state index is 0.0562. The highest BCUT2D eigenvalue weighted by Crippen LogP contribution is 2.27. The third kappa shape index (κ3) is 5.48. The van der Waals surface area contributed by atoms with Crippen LogP contribution in [0.25, 0.3) is 0 Å². The van der Waals surface area contributed by atoms with E-state index < -0.39 is 26.7 Å². The fraction of sp³-hybridized carbons (Fsp3) is 0.200. The van der Waals surface area contributed by atoms with Crippen molar-refractivity contribution in [2.75, 3.05) is 20.2 Å². The number of rotatable bonds is 7. The van der Waals surface area contributed by atoms with Crippen molar-refractivity contribution in [2.45, 2.75) is 9.79 Å². The number of nitrogens with zero attached hydrogens (tertiary/aromatic N) is 1. The Hall–Kier alpha value is -0.580. The summed E-state index contributed by atoms with van der Waals surface area (Å²) in [6.45, 7) is -0.622. The summed E-state index contributed by atoms with van der Waals surface area (Å²) >= 11 is 23.2. The van der Waals surface area contributed by atoms with Crippen LogP contribution in [0.2, 0.25) is 20.1 Å². The van der Waals surface area contributed by atoms with Crippen LogP contribution in [0.5, 0.6) is 0 Å². The highest BCUT2D eigenvalue weighted by molar-refractivity contribution is 7.89. The summed E-state index contributed by atoms with van der Waals surface area (Å²) < 4.78 is 55.1. The molecular weight excluding hydrogens is 480 g/mol. The van der Waals surface area contributed by atoms with E-state index in [-0.39, 0.29) is 36.4 Å². The number of sulfonamides is 1. The zero-order valence-corrected chi connectivity index (χ0v) is 18.4. The van der Waals surface area contributed by atoms with E-state index in [1.807, 2.05) is 0 Å². The molecule has 0 saturated carbocycles. The van der Waals surface area contributed by atoms with Crippen LogP contribution in [-0.4, -0.2) is 41.3 Å². The maximum atomic E-state index is 12.5. The van der Waals surface area contributed by atoms with Gasteiger partial charge in [0, 0.05) is 13.6 Å². The molecule has 0 atom stereocenters. The molecule has 0 spiro atoms. The molecule has 0 aliphatic rings. The molecule has 12 heteroatoms. The van der Waals surface area contributed by atoms with E-state index in [9.17, 15) is 16.8 Å². The lowest BCUT2D eigenvalue weighted by Crippen LogP contribution is -2.31. The van der Waals surface area contributed by atoms with Crippen LogP contribution >= 0.6 is 46.4 Å². The van der Waals surface area contributed by atoms with E-state index in [4.69, 9.17) is 50.6 Å². The number of hydrogen-bond acceptors (Lipinski definition) is 5. The Morgan fingerprint density at radius 1 is 0.815 bits per heavy atom. The van der Waals surface area contributed by atoms with Crippen LogP contribution < -0.4 is 0 Å². The maximum Gasteiger partial charge on any atom is 0.297 e. The van der Waals surface area contributed by atoms with Gasteiger partial charge in [0.1, 0.15) is 0 Å². The lowest BCUT2D eigenvalue weighted by atomic mass is 10.4. The van der Waals surface area contributed by atoms with Crippen LogP contribution in [0.3, 0.4) is 0 Å². The lowest BCUT2D eigenvalue weighted by Gasteiger charge is -2.17. The van der Waals surface area contributed by atoms with Crippen LogP contribution in [0.15, 0.2) is 46.2 Å². The average molecular weight is 493 g/mol. The van der Waals surface area contributed by atoms with Gasteiger partial charge in [-0.15, -0.1) is 0 Å². The molecule has 0 heterocycles. The summed E-state index contributed by atoms with van der Waals surface area (Å²) in [5.74, 6) is 0. The molecule has 0 amide bonds. The maximum absolute atomic E-state index is 12.5. The average Bonchev–Trinajstić information content (AvgIpc) is 2.59. The van der Waals surface area contributed by atoms with Crippen LogP contribution in [0, 0.1) is 0 Å². The summed E-state index contributed by atoms with van der Waals surface area (Å²) in [6.07, 6.45) is 0. The summed E-state index contributed by atoms with van der Waals surface area (Å²) in [7, 11) is -6.73. The Morgan fingerprint density at radius 2 is 1.30 bits per heavy atom. The minimum atomic E-state index is -4.12. The molecule has 2 rings (SSSR count). The monoisotopic (exact) mass is 491 g/mol. The van der Waals surface area contributed by atoms with Crippen LogP contribution in [-0.2, 0) is 24.3 Å². The van der Waals surface area contributed by atoms with Gasteiger partial charge in [0.25, 0.3) is 10.1 Å². The molecule has 6 nitrogen and oxygen atoms in total. The Balaban J connectivity index is 2.07. The molecule has 148 valence electrons. The van der Waals surface area contributed by atoms with Gasteiger partial charge in [-0.3, -0.25) is 4.18 Å². The minimum Gasteiger partial charge on any atom is -0.265 e. The first-order valence-electron chi connectivity index (χ1n) is 7.21. The highest BCUT2D eigenvalue weighted by Gasteiger charge is 2.23. The fourth-order valence-corrected chi connectivity index (χ4v) is 4.75. The topological polar surface area (TPSA) is 80.8 Å². The van der Waals surface area contributed by atoms with Gasteiger partial charge in [-0.25, -0.2) is 8.42 Å². The predicted octanol–water partition coefficient (Wildman–Crippen LogP) is 4.33. The van der Waals surface area contributed by atoms with Gasteiger partial charge < -0.3 is 0 Å². The molecule has 0 bridgehead atoms. The quantitative estimate of drug-likeness (QED) is 0.537. The zero-order valence-electron chi connectivity index (χ0n) is 13.7. The van der Waals surface area contributed by atoms with E-state index in [1.165, 1.54) is 37.4 Å². The van der Waals surface area contributed by atoms with Crippen molar-refractivity contribution >= 4 is 66.5 Å². The number of halogens is 4. The molecule has 27 heavy (non-hydrogen) atoms. The molecule has 0 N–H and O–H groups in total. The van der Waals surface area contributed by atoms with E-state index >= 15 is 0 Å². The Bertz CT molecular complexity index is 1060. The van der Waals surface area contributed by atoms with E-state index in [0.29, 0.717) is 0 Å². The van der Waals surface area contributed by atoms with Crippen molar-refractivity contribution in [2.24, 2.45) is 0 Å². The highest BCUT2D eigenvalue weighted by atomic mass is 35.5. The van der Waals surface area contributed by atoms with Gasteiger partial charge in [0.15, 0.2) is 0 Å². The second-order valence-electron chi connectivity index (χ2n) is 5.25. The summed E-state index contributed by atoms with van der Waals surface area (Å²) in [5.41, 5.74) is 0. The molecule has 2 aromatic carbocycles. The molecule has 2 aromatic rings. The van der Waals surface area contributed by atoms with Gasteiger partial charge >= 0.3 is 0 Å². The van der Waals surface area contributed by atoms with Gasteiger partial charge in [-0.2, -0.15) is 12.7 Å². The van der Waals surface area contributed by atoms with Crippen molar-refractivity contribution < 1.29 is 21.0 Å². The molecular formula is C15H13Cl4NO5S2. The molecule has 0 aliphatic carbocycles. The Kier molecular flexibility index (Phi) is 7.43. The molecule has 0 radical (unpaired) electrons. The first-order chi connectivity index (χ1) is 12.4. The first kappa shape index (κ1) is 22.7. The molecule has 0 fully saturated rings. The summed E-state index contributed by atoms with van der Waals surface area (Å²) in [4.78, 5) is -0.265. The predicted molar refractivity (Wildman–Crippen MR) is 106 cm³/mol. The lowest BCUT2D eigenvalue weighted by molar-refractivity contribution is 0.289. The third-order valence-electron chi connectivity index (χ3n) is 3.42. The largest absolute Gasteiger partial charge is 0.297 e. The molecule has 0 aromatic heterocycles. The SMILES string of the molecule is CN(CCOS(=O)(=O)c1ccc(Cl)c(Cl)c1)S(=O)(=O)c1ccc(Cl)c(Cl)c1. The van der Waals surface area contributed by atoms with Gasteiger partial charge in [0.2, 0.25) is 10.0 Å². The van der Waals surface area contributed by atoms with Crippen molar-refractivity contribution in [1.29, 1.82) is 0 Å². The zero-order chi connectivity index (χ0) is 20.4. The second kappa shape index (κ2) is 8.84. The standard InChI is InChI=1S/C15H13Cl4NO5S2/c1-20(26(21,22)10-2-4-12(16)14(18)8-10)6-7-25-27(23,24)11-3-5-13(17)15(19)9-11/h2-5,8-9H,6-7H2,1H3. The van der Waals surface area contributed by atoms with Crippen molar-refractivity contribution in [3.63, 3.8) is 0 Å². The van der Waals surface area contributed by atoms with Gasteiger partial charge in [-0.1, -0.05) is 46.4 Å². The van der Waals surface area contributed by atoms with E-state index in [0.717, 1.165) is 10.4 Å². The first-order valence-corrected chi connectivity index (χ1v) is 11.6. The normalized spacial score (nSPS) is 12.5. The van der Waals surface area contributed by atoms with Crippen LogP contribution in [0.4, 0.5) is 0 Å². The fourth-order valence-electron chi connectivity index (χ4n) is 1.91. The van der Waals surface area contributed by atoms with Crippen molar-refractivity contribution in [3.8, 4) is 0 Å². The van der Waals surface area contributed by atoms with E-state index in [1.54, 1.807) is 0 Å². The Morgan fingerprint density at radius 3 is 1.81 bits per heavy atom. The number of likely N-dealkylation sites (N-methyl/N-ethyl adjacent to an activating group) is 1. The number of benzene rings is 2. The Labute approximate surface area is 177 Å². The smallest absolute Gasteiger partial charge is 0.265 e. The van der Waals surface area contributed by atoms with Crippen LogP contribution in [0.1, 0.15) is 0 Å². The molecule has 0 aliphatic heterocycles. The van der Waals surface area contributed by atoms with Gasteiger partial charge in [-0.05, 0) is 36.4 Å². The third-order valence-corrected chi connectivity index (χ3v) is 8.06. The number of hydrogen-bond donors (Lipinski definition) is 0. The van der Waals surface area contributed by atoms with Crippen molar-refractivity contribution in [3.05, 3.63) is 56.5 Å².